The van der Waals surface area contributed by atoms with Crippen molar-refractivity contribution in [2.24, 2.45) is 5.92 Å². The van der Waals surface area contributed by atoms with Gasteiger partial charge in [-0.15, -0.1) is 0 Å². The highest BCUT2D eigenvalue weighted by Gasteiger charge is 2.27. The Morgan fingerprint density at radius 1 is 1.53 bits per heavy atom. The lowest BCUT2D eigenvalue weighted by atomic mass is 10.0. The van der Waals surface area contributed by atoms with Crippen LogP contribution in [-0.4, -0.2) is 28.6 Å². The Morgan fingerprint density at radius 3 is 2.84 bits per heavy atom. The fourth-order valence-electron chi connectivity index (χ4n) is 2.83. The second kappa shape index (κ2) is 5.93. The molecule has 0 aromatic heterocycles. The SMILES string of the molecule is CC(C)C1CCCN1Cc1ccc(C(=O)O)cc1Cl. The van der Waals surface area contributed by atoms with E-state index in [1.54, 1.807) is 12.1 Å². The van der Waals surface area contributed by atoms with Gasteiger partial charge in [0, 0.05) is 17.6 Å². The average molecular weight is 282 g/mol. The highest BCUT2D eigenvalue weighted by atomic mass is 35.5. The Labute approximate surface area is 119 Å². The minimum Gasteiger partial charge on any atom is -0.478 e. The Bertz CT molecular complexity index is 473. The predicted molar refractivity (Wildman–Crippen MR) is 76.7 cm³/mol. The molecule has 104 valence electrons. The van der Waals surface area contributed by atoms with E-state index in [1.807, 2.05) is 6.07 Å². The van der Waals surface area contributed by atoms with Crippen molar-refractivity contribution in [3.8, 4) is 0 Å². The predicted octanol–water partition coefficient (Wildman–Crippen LogP) is 3.66. The number of carboxylic acids is 1. The van der Waals surface area contributed by atoms with Gasteiger partial charge in [-0.05, 0) is 43.0 Å². The second-order valence-electron chi connectivity index (χ2n) is 5.54. The van der Waals surface area contributed by atoms with Crippen LogP contribution in [0.4, 0.5) is 0 Å². The largest absolute Gasteiger partial charge is 0.478 e. The van der Waals surface area contributed by atoms with Crippen LogP contribution in [0.2, 0.25) is 5.02 Å². The molecular formula is C15H20ClNO2. The minimum absolute atomic E-state index is 0.246. The number of carboxylic acid groups (broad SMARTS) is 1. The van der Waals surface area contributed by atoms with E-state index in [4.69, 9.17) is 16.7 Å². The molecule has 1 aromatic rings. The number of aromatic carboxylic acids is 1. The molecule has 1 aromatic carbocycles. The molecule has 1 saturated heterocycles. The Balaban J connectivity index is 2.13. The highest BCUT2D eigenvalue weighted by Crippen LogP contribution is 2.28. The third-order valence-electron chi connectivity index (χ3n) is 3.86. The number of likely N-dealkylation sites (tertiary alicyclic amines) is 1. The lowest BCUT2D eigenvalue weighted by molar-refractivity contribution is 0.0697. The van der Waals surface area contributed by atoms with Crippen LogP contribution < -0.4 is 0 Å². The Kier molecular flexibility index (Phi) is 4.48. The first-order valence-electron chi connectivity index (χ1n) is 6.75. The summed E-state index contributed by atoms with van der Waals surface area (Å²) in [6, 6.07) is 5.61. The van der Waals surface area contributed by atoms with Crippen molar-refractivity contribution >= 4 is 17.6 Å². The maximum Gasteiger partial charge on any atom is 0.335 e. The smallest absolute Gasteiger partial charge is 0.335 e. The van der Waals surface area contributed by atoms with E-state index in [0.717, 1.165) is 18.7 Å². The number of carbonyl (C=O) groups is 1. The van der Waals surface area contributed by atoms with E-state index in [0.29, 0.717) is 17.0 Å². The van der Waals surface area contributed by atoms with Crippen LogP contribution in [0.3, 0.4) is 0 Å². The molecule has 0 bridgehead atoms. The normalized spacial score (nSPS) is 20.1. The summed E-state index contributed by atoms with van der Waals surface area (Å²) in [6.07, 6.45) is 2.47. The summed E-state index contributed by atoms with van der Waals surface area (Å²) in [5.74, 6) is -0.297. The quantitative estimate of drug-likeness (QED) is 0.916. The molecule has 0 radical (unpaired) electrons. The van der Waals surface area contributed by atoms with Gasteiger partial charge >= 0.3 is 5.97 Å². The van der Waals surface area contributed by atoms with Gasteiger partial charge in [0.05, 0.1) is 5.56 Å². The van der Waals surface area contributed by atoms with Gasteiger partial charge < -0.3 is 5.11 Å². The summed E-state index contributed by atoms with van der Waals surface area (Å²) < 4.78 is 0. The van der Waals surface area contributed by atoms with Gasteiger partial charge in [-0.3, -0.25) is 4.90 Å². The first-order valence-corrected chi connectivity index (χ1v) is 7.12. The van der Waals surface area contributed by atoms with Crippen molar-refractivity contribution in [2.75, 3.05) is 6.54 Å². The second-order valence-corrected chi connectivity index (χ2v) is 5.94. The maximum atomic E-state index is 10.9. The molecule has 1 unspecified atom stereocenters. The van der Waals surface area contributed by atoms with E-state index in [1.165, 1.54) is 12.8 Å². The number of hydrogen-bond donors (Lipinski definition) is 1. The molecule has 1 fully saturated rings. The Morgan fingerprint density at radius 2 is 2.26 bits per heavy atom. The third-order valence-corrected chi connectivity index (χ3v) is 4.21. The van der Waals surface area contributed by atoms with E-state index < -0.39 is 5.97 Å². The molecule has 1 aliphatic heterocycles. The molecule has 19 heavy (non-hydrogen) atoms. The molecule has 0 aliphatic carbocycles. The van der Waals surface area contributed by atoms with Crippen LogP contribution in [0.5, 0.6) is 0 Å². The first-order chi connectivity index (χ1) is 8.99. The molecule has 0 spiro atoms. The number of hydrogen-bond acceptors (Lipinski definition) is 2. The van der Waals surface area contributed by atoms with Crippen LogP contribution in [0, 0.1) is 5.92 Å². The number of benzene rings is 1. The third kappa shape index (κ3) is 3.28. The van der Waals surface area contributed by atoms with Crippen LogP contribution in [0.15, 0.2) is 18.2 Å². The monoisotopic (exact) mass is 281 g/mol. The van der Waals surface area contributed by atoms with Gasteiger partial charge in [-0.25, -0.2) is 4.79 Å². The zero-order valence-electron chi connectivity index (χ0n) is 11.4. The number of rotatable bonds is 4. The first kappa shape index (κ1) is 14.4. The fraction of sp³-hybridized carbons (Fsp3) is 0.533. The van der Waals surface area contributed by atoms with Crippen LogP contribution >= 0.6 is 11.6 Å². The van der Waals surface area contributed by atoms with Gasteiger partial charge in [0.25, 0.3) is 0 Å². The minimum atomic E-state index is -0.935. The van der Waals surface area contributed by atoms with Crippen LogP contribution in [0.25, 0.3) is 0 Å². The standard InChI is InChI=1S/C15H20ClNO2/c1-10(2)14-4-3-7-17(14)9-12-6-5-11(15(18)19)8-13(12)16/h5-6,8,10,14H,3-4,7,9H2,1-2H3,(H,18,19). The molecular weight excluding hydrogens is 262 g/mol. The van der Waals surface area contributed by atoms with Crippen molar-refractivity contribution in [3.05, 3.63) is 34.3 Å². The zero-order valence-corrected chi connectivity index (χ0v) is 12.2. The van der Waals surface area contributed by atoms with Crippen molar-refractivity contribution in [3.63, 3.8) is 0 Å². The molecule has 0 saturated carbocycles. The summed E-state index contributed by atoms with van der Waals surface area (Å²) in [7, 11) is 0. The van der Waals surface area contributed by atoms with E-state index in [-0.39, 0.29) is 5.56 Å². The van der Waals surface area contributed by atoms with Crippen LogP contribution in [-0.2, 0) is 6.54 Å². The number of nitrogens with zero attached hydrogens (tertiary/aromatic N) is 1. The topological polar surface area (TPSA) is 40.5 Å². The molecule has 1 heterocycles. The van der Waals surface area contributed by atoms with Crippen molar-refractivity contribution in [1.82, 2.24) is 4.90 Å². The van der Waals surface area contributed by atoms with E-state index in [9.17, 15) is 4.79 Å². The van der Waals surface area contributed by atoms with Crippen molar-refractivity contribution in [1.29, 1.82) is 0 Å². The molecule has 1 N–H and O–H groups in total. The Hall–Kier alpha value is -1.06. The lowest BCUT2D eigenvalue weighted by Gasteiger charge is -2.27. The molecule has 2 rings (SSSR count). The van der Waals surface area contributed by atoms with E-state index >= 15 is 0 Å². The van der Waals surface area contributed by atoms with Gasteiger partial charge in [-0.2, -0.15) is 0 Å². The molecule has 1 atom stereocenters. The fourth-order valence-corrected chi connectivity index (χ4v) is 3.07. The van der Waals surface area contributed by atoms with Crippen molar-refractivity contribution in [2.45, 2.75) is 39.3 Å². The summed E-state index contributed by atoms with van der Waals surface area (Å²) in [5, 5.41) is 9.48. The summed E-state index contributed by atoms with van der Waals surface area (Å²) in [5.41, 5.74) is 1.26. The maximum absolute atomic E-state index is 10.9. The van der Waals surface area contributed by atoms with E-state index in [2.05, 4.69) is 18.7 Å². The van der Waals surface area contributed by atoms with Crippen molar-refractivity contribution < 1.29 is 9.90 Å². The lowest BCUT2D eigenvalue weighted by Crippen LogP contribution is -2.32. The molecule has 3 nitrogen and oxygen atoms in total. The van der Waals surface area contributed by atoms with Gasteiger partial charge in [0.1, 0.15) is 0 Å². The zero-order chi connectivity index (χ0) is 14.0. The average Bonchev–Trinajstić information content (AvgIpc) is 2.79. The van der Waals surface area contributed by atoms with Crippen LogP contribution in [0.1, 0.15) is 42.6 Å². The molecule has 4 heteroatoms. The van der Waals surface area contributed by atoms with Gasteiger partial charge in [0.15, 0.2) is 0 Å². The number of halogens is 1. The van der Waals surface area contributed by atoms with Gasteiger partial charge in [-0.1, -0.05) is 31.5 Å². The summed E-state index contributed by atoms with van der Waals surface area (Å²) in [6.45, 7) is 6.40. The highest BCUT2D eigenvalue weighted by molar-refractivity contribution is 6.31. The molecule has 0 amide bonds. The summed E-state index contributed by atoms with van der Waals surface area (Å²) >= 11 is 6.19. The molecule has 1 aliphatic rings. The van der Waals surface area contributed by atoms with Gasteiger partial charge in [0.2, 0.25) is 0 Å². The summed E-state index contributed by atoms with van der Waals surface area (Å²) in [4.78, 5) is 13.3.